The summed E-state index contributed by atoms with van der Waals surface area (Å²) in [5.41, 5.74) is 4.39. The lowest BCUT2D eigenvalue weighted by Gasteiger charge is -2.40. The predicted molar refractivity (Wildman–Crippen MR) is 138 cm³/mol. The molecule has 0 aliphatic carbocycles. The largest absolute Gasteiger partial charge is 0.497 e. The van der Waals surface area contributed by atoms with Crippen molar-refractivity contribution in [2.75, 3.05) is 13.7 Å². The van der Waals surface area contributed by atoms with Crippen LogP contribution in [0.5, 0.6) is 5.75 Å². The normalized spacial score (nSPS) is 16.9. The predicted octanol–water partition coefficient (Wildman–Crippen LogP) is 7.06. The van der Waals surface area contributed by atoms with Crippen LogP contribution in [-0.2, 0) is 23.8 Å². The molecule has 0 fully saturated rings. The first-order valence-electron chi connectivity index (χ1n) is 12.4. The first-order chi connectivity index (χ1) is 17.8. The van der Waals surface area contributed by atoms with Crippen LogP contribution in [0.15, 0.2) is 72.8 Å². The first kappa shape index (κ1) is 25.1. The van der Waals surface area contributed by atoms with E-state index in [-0.39, 0.29) is 11.8 Å². The Morgan fingerprint density at radius 1 is 1.08 bits per heavy atom. The minimum absolute atomic E-state index is 0.0620. The second-order valence-electron chi connectivity index (χ2n) is 9.59. The summed E-state index contributed by atoms with van der Waals surface area (Å²) in [4.78, 5) is 18.8. The molecule has 2 unspecified atom stereocenters. The van der Waals surface area contributed by atoms with E-state index in [1.165, 1.54) is 5.56 Å². The molecule has 0 saturated carbocycles. The van der Waals surface area contributed by atoms with Crippen LogP contribution in [0, 0.1) is 0 Å². The summed E-state index contributed by atoms with van der Waals surface area (Å²) in [6.45, 7) is 2.31. The van der Waals surface area contributed by atoms with Crippen LogP contribution >= 0.6 is 0 Å². The summed E-state index contributed by atoms with van der Waals surface area (Å²) >= 11 is 0. The molecule has 7 heteroatoms. The standard InChI is InChI=1S/C30H29F3N2O2/c1-19(36)29(21-6-4-3-5-7-21)35-17-16-24-25-18-23(37-2)13-14-26(25)34-28(24)27(35)15-10-20-8-11-22(12-9-20)30(31,32)33/h3-9,11-14,18,27,29,34H,10,15-17H2,1-2H3. The van der Waals surface area contributed by atoms with E-state index in [4.69, 9.17) is 4.74 Å². The van der Waals surface area contributed by atoms with Crippen molar-refractivity contribution in [3.8, 4) is 5.75 Å². The smallest absolute Gasteiger partial charge is 0.416 e. The number of halogens is 3. The molecule has 1 aliphatic rings. The zero-order valence-corrected chi connectivity index (χ0v) is 20.8. The highest BCUT2D eigenvalue weighted by molar-refractivity contribution is 5.87. The number of alkyl halides is 3. The van der Waals surface area contributed by atoms with Gasteiger partial charge in [0.25, 0.3) is 0 Å². The Kier molecular flexibility index (Phi) is 6.82. The fraction of sp³-hybridized carbons (Fsp3) is 0.300. The third-order valence-corrected chi connectivity index (χ3v) is 7.32. The van der Waals surface area contributed by atoms with E-state index in [0.29, 0.717) is 19.4 Å². The Morgan fingerprint density at radius 3 is 2.46 bits per heavy atom. The van der Waals surface area contributed by atoms with Gasteiger partial charge in [-0.15, -0.1) is 0 Å². The minimum atomic E-state index is -4.36. The van der Waals surface area contributed by atoms with Gasteiger partial charge in [-0.1, -0.05) is 42.5 Å². The maximum atomic E-state index is 13.0. The summed E-state index contributed by atoms with van der Waals surface area (Å²) in [6.07, 6.45) is -2.35. The highest BCUT2D eigenvalue weighted by atomic mass is 19.4. The van der Waals surface area contributed by atoms with Crippen molar-refractivity contribution in [2.24, 2.45) is 0 Å². The summed E-state index contributed by atoms with van der Waals surface area (Å²) in [5, 5.41) is 1.10. The highest BCUT2D eigenvalue weighted by Gasteiger charge is 2.37. The Labute approximate surface area is 214 Å². The number of aromatic amines is 1. The minimum Gasteiger partial charge on any atom is -0.497 e. The number of H-pyrrole nitrogens is 1. The summed E-state index contributed by atoms with van der Waals surface area (Å²) in [5.74, 6) is 0.843. The van der Waals surface area contributed by atoms with Crippen molar-refractivity contribution >= 4 is 16.7 Å². The third-order valence-electron chi connectivity index (χ3n) is 7.32. The fourth-order valence-electron chi connectivity index (χ4n) is 5.57. The van der Waals surface area contributed by atoms with Gasteiger partial charge in [0.2, 0.25) is 0 Å². The molecule has 5 rings (SSSR count). The van der Waals surface area contributed by atoms with Crippen LogP contribution in [-0.4, -0.2) is 29.3 Å². The van der Waals surface area contributed by atoms with E-state index in [0.717, 1.165) is 52.0 Å². The number of nitrogens with one attached hydrogen (secondary N) is 1. The van der Waals surface area contributed by atoms with E-state index in [9.17, 15) is 18.0 Å². The lowest BCUT2D eigenvalue weighted by Crippen LogP contribution is -2.41. The molecule has 1 aromatic heterocycles. The molecule has 0 spiro atoms. The molecule has 0 bridgehead atoms. The van der Waals surface area contributed by atoms with E-state index >= 15 is 0 Å². The van der Waals surface area contributed by atoms with Gasteiger partial charge in [-0.2, -0.15) is 13.2 Å². The van der Waals surface area contributed by atoms with Gasteiger partial charge in [-0.05, 0) is 73.2 Å². The van der Waals surface area contributed by atoms with Crippen molar-refractivity contribution in [1.82, 2.24) is 9.88 Å². The fourth-order valence-corrected chi connectivity index (χ4v) is 5.57. The molecule has 4 nitrogen and oxygen atoms in total. The van der Waals surface area contributed by atoms with Crippen LogP contribution in [0.4, 0.5) is 13.2 Å². The number of hydrogen-bond donors (Lipinski definition) is 1. The van der Waals surface area contributed by atoms with Crippen molar-refractivity contribution in [3.63, 3.8) is 0 Å². The molecule has 0 saturated heterocycles. The summed E-state index contributed by atoms with van der Waals surface area (Å²) in [6, 6.07) is 20.6. The van der Waals surface area contributed by atoms with Crippen LogP contribution in [0.25, 0.3) is 10.9 Å². The number of fused-ring (bicyclic) bond motifs is 3. The van der Waals surface area contributed by atoms with Crippen molar-refractivity contribution in [1.29, 1.82) is 0 Å². The second kappa shape index (κ2) is 10.1. The number of rotatable bonds is 7. The van der Waals surface area contributed by atoms with Crippen LogP contribution in [0.1, 0.15) is 53.4 Å². The number of carbonyl (C=O) groups is 1. The van der Waals surface area contributed by atoms with Crippen molar-refractivity contribution < 1.29 is 22.7 Å². The summed E-state index contributed by atoms with van der Waals surface area (Å²) < 4.78 is 44.6. The molecule has 192 valence electrons. The van der Waals surface area contributed by atoms with E-state index in [2.05, 4.69) is 9.88 Å². The topological polar surface area (TPSA) is 45.3 Å². The first-order valence-corrected chi connectivity index (χ1v) is 12.4. The van der Waals surface area contributed by atoms with Gasteiger partial charge in [0.05, 0.1) is 24.8 Å². The lowest BCUT2D eigenvalue weighted by atomic mass is 9.89. The number of Topliss-reactive ketones (excluding diaryl/α,β-unsaturated/α-hetero) is 1. The molecule has 1 N–H and O–H groups in total. The number of carbonyl (C=O) groups excluding carboxylic acids is 1. The number of ether oxygens (including phenoxy) is 1. The van der Waals surface area contributed by atoms with Gasteiger partial charge < -0.3 is 9.72 Å². The lowest BCUT2D eigenvalue weighted by molar-refractivity contribution is -0.137. The van der Waals surface area contributed by atoms with Crippen molar-refractivity contribution in [2.45, 2.75) is 44.4 Å². The molecule has 4 aromatic rings. The van der Waals surface area contributed by atoms with Crippen LogP contribution < -0.4 is 4.74 Å². The second-order valence-corrected chi connectivity index (χ2v) is 9.59. The average Bonchev–Trinajstić information content (AvgIpc) is 3.26. The van der Waals surface area contributed by atoms with Crippen LogP contribution in [0.3, 0.4) is 0 Å². The average molecular weight is 507 g/mol. The monoisotopic (exact) mass is 506 g/mol. The van der Waals surface area contributed by atoms with Crippen LogP contribution in [0.2, 0.25) is 0 Å². The number of benzene rings is 3. The SMILES string of the molecule is COc1ccc2[nH]c3c(c2c1)CCN(C(C(C)=O)c1ccccc1)C3CCc1ccc(C(F)(F)F)cc1. The molecule has 2 heterocycles. The van der Waals surface area contributed by atoms with Gasteiger partial charge in [0.1, 0.15) is 5.75 Å². The van der Waals surface area contributed by atoms with Gasteiger partial charge in [-0.3, -0.25) is 9.69 Å². The Balaban J connectivity index is 1.53. The molecule has 0 radical (unpaired) electrons. The van der Waals surface area contributed by atoms with E-state index < -0.39 is 17.8 Å². The number of hydrogen-bond acceptors (Lipinski definition) is 3. The number of aryl methyl sites for hydroxylation is 1. The van der Waals surface area contributed by atoms with Gasteiger partial charge in [-0.25, -0.2) is 0 Å². The molecular weight excluding hydrogens is 477 g/mol. The Hall–Kier alpha value is -3.58. The van der Waals surface area contributed by atoms with Gasteiger partial charge in [0.15, 0.2) is 5.78 Å². The van der Waals surface area contributed by atoms with Gasteiger partial charge >= 0.3 is 6.18 Å². The molecule has 37 heavy (non-hydrogen) atoms. The molecular formula is C30H29F3N2O2. The third kappa shape index (κ3) is 5.01. The zero-order valence-electron chi connectivity index (χ0n) is 20.8. The van der Waals surface area contributed by atoms with Gasteiger partial charge in [0, 0.05) is 23.1 Å². The van der Waals surface area contributed by atoms with E-state index in [1.807, 2.05) is 48.5 Å². The Morgan fingerprint density at radius 2 is 1.81 bits per heavy atom. The molecule has 3 aromatic carbocycles. The van der Waals surface area contributed by atoms with E-state index in [1.54, 1.807) is 26.2 Å². The highest BCUT2D eigenvalue weighted by Crippen LogP contribution is 2.42. The van der Waals surface area contributed by atoms with Crippen molar-refractivity contribution in [3.05, 3.63) is 101 Å². The number of methoxy groups -OCH3 is 1. The quantitative estimate of drug-likeness (QED) is 0.292. The summed E-state index contributed by atoms with van der Waals surface area (Å²) in [7, 11) is 1.65. The maximum absolute atomic E-state index is 13.0. The number of nitrogens with zero attached hydrogens (tertiary/aromatic N) is 1. The maximum Gasteiger partial charge on any atom is 0.416 e. The molecule has 2 atom stereocenters. The number of ketones is 1. The molecule has 1 aliphatic heterocycles. The molecule has 0 amide bonds. The number of aromatic nitrogens is 1. The Bertz CT molecular complexity index is 1390. The zero-order chi connectivity index (χ0) is 26.2.